The molecule has 160 valence electrons. The van der Waals surface area contributed by atoms with E-state index < -0.39 is 0 Å². The summed E-state index contributed by atoms with van der Waals surface area (Å²) in [6.07, 6.45) is 3.72. The molecule has 0 bridgehead atoms. The zero-order chi connectivity index (χ0) is 20.9. The Labute approximate surface area is 205 Å². The number of hydrogen-bond acceptors (Lipinski definition) is 7. The number of nitrogens with one attached hydrogen (secondary N) is 1. The van der Waals surface area contributed by atoms with Gasteiger partial charge in [-0.15, -0.1) is 35.5 Å². The zero-order valence-electron chi connectivity index (χ0n) is 16.8. The molecule has 4 nitrogen and oxygen atoms in total. The number of aryl methyl sites for hydroxylation is 1. The number of aromatic nitrogens is 3. The van der Waals surface area contributed by atoms with Crippen LogP contribution in [0.5, 0.6) is 0 Å². The first-order valence-electron chi connectivity index (χ1n) is 9.27. The molecular formula is C22H20Cl2N4S3. The highest BCUT2D eigenvalue weighted by Crippen LogP contribution is 2.41. The maximum Gasteiger partial charge on any atom is 0.188 e. The van der Waals surface area contributed by atoms with Crippen molar-refractivity contribution in [3.63, 3.8) is 0 Å². The number of rotatable bonds is 7. The Morgan fingerprint density at radius 3 is 2.58 bits per heavy atom. The highest BCUT2D eigenvalue weighted by atomic mass is 35.5. The van der Waals surface area contributed by atoms with Gasteiger partial charge in [0.1, 0.15) is 5.82 Å². The lowest BCUT2D eigenvalue weighted by Crippen LogP contribution is -1.97. The lowest BCUT2D eigenvalue weighted by molar-refractivity contribution is 1.00. The molecule has 0 aliphatic carbocycles. The molecule has 3 aromatic heterocycles. The maximum atomic E-state index is 6.41. The van der Waals surface area contributed by atoms with Crippen LogP contribution < -0.4 is 5.32 Å². The smallest absolute Gasteiger partial charge is 0.188 e. The van der Waals surface area contributed by atoms with E-state index in [9.17, 15) is 0 Å². The van der Waals surface area contributed by atoms with Crippen molar-refractivity contribution < 1.29 is 0 Å². The summed E-state index contributed by atoms with van der Waals surface area (Å²) in [5.41, 5.74) is 2.03. The third-order valence-corrected chi connectivity index (χ3v) is 7.66. The standard InChI is InChI=1S/C22H19ClN4S3.ClH/c1-14-13-28-22(26-14)27-21-20(30-19-9-4-3-7-17(19)23)11-16(12-25-21)29-15(2)18-8-5-6-10-24-18;/h3-13,15H,1-2H3,(H,25,26,27);1H. The molecule has 0 saturated carbocycles. The summed E-state index contributed by atoms with van der Waals surface area (Å²) in [5, 5.41) is 7.13. The van der Waals surface area contributed by atoms with Crippen molar-refractivity contribution in [2.45, 2.75) is 33.8 Å². The van der Waals surface area contributed by atoms with Gasteiger partial charge in [0, 0.05) is 32.8 Å². The number of halogens is 2. The van der Waals surface area contributed by atoms with Crippen LogP contribution in [0.15, 0.2) is 81.0 Å². The maximum absolute atomic E-state index is 6.41. The van der Waals surface area contributed by atoms with Crippen molar-refractivity contribution in [1.82, 2.24) is 15.0 Å². The molecule has 0 radical (unpaired) electrons. The van der Waals surface area contributed by atoms with Crippen LogP contribution in [0.3, 0.4) is 0 Å². The van der Waals surface area contributed by atoms with Gasteiger partial charge in [0.2, 0.25) is 0 Å². The average molecular weight is 508 g/mol. The van der Waals surface area contributed by atoms with Crippen molar-refractivity contribution >= 4 is 69.8 Å². The fraction of sp³-hybridized carbons (Fsp3) is 0.136. The minimum atomic E-state index is 0. The molecule has 1 aromatic carbocycles. The first-order chi connectivity index (χ1) is 14.6. The van der Waals surface area contributed by atoms with Crippen molar-refractivity contribution in [3.05, 3.63) is 82.7 Å². The van der Waals surface area contributed by atoms with Crippen LogP contribution in [0, 0.1) is 6.92 Å². The van der Waals surface area contributed by atoms with Crippen LogP contribution in [0.2, 0.25) is 5.02 Å². The van der Waals surface area contributed by atoms with Gasteiger partial charge in [-0.1, -0.05) is 41.6 Å². The van der Waals surface area contributed by atoms with E-state index >= 15 is 0 Å². The Morgan fingerprint density at radius 2 is 1.87 bits per heavy atom. The highest BCUT2D eigenvalue weighted by molar-refractivity contribution is 8.00. The van der Waals surface area contributed by atoms with E-state index in [1.165, 1.54) is 0 Å². The number of thioether (sulfide) groups is 1. The third kappa shape index (κ3) is 6.37. The summed E-state index contributed by atoms with van der Waals surface area (Å²) >= 11 is 11.3. The molecule has 0 aliphatic rings. The van der Waals surface area contributed by atoms with Gasteiger partial charge in [-0.3, -0.25) is 4.98 Å². The molecule has 0 spiro atoms. The molecule has 1 unspecified atom stereocenters. The normalized spacial score (nSPS) is 11.6. The second-order valence-corrected chi connectivity index (χ2v) is 10.2. The highest BCUT2D eigenvalue weighted by Gasteiger charge is 2.14. The van der Waals surface area contributed by atoms with Gasteiger partial charge in [0.15, 0.2) is 5.13 Å². The number of nitrogens with zero attached hydrogens (tertiary/aromatic N) is 3. The summed E-state index contributed by atoms with van der Waals surface area (Å²) in [6.45, 7) is 4.13. The summed E-state index contributed by atoms with van der Waals surface area (Å²) in [7, 11) is 0. The van der Waals surface area contributed by atoms with E-state index in [0.717, 1.165) is 42.0 Å². The summed E-state index contributed by atoms with van der Waals surface area (Å²) in [5.74, 6) is 0.768. The monoisotopic (exact) mass is 506 g/mol. The van der Waals surface area contributed by atoms with Crippen molar-refractivity contribution in [2.24, 2.45) is 0 Å². The van der Waals surface area contributed by atoms with Gasteiger partial charge in [0.25, 0.3) is 0 Å². The van der Waals surface area contributed by atoms with Gasteiger partial charge in [-0.05, 0) is 44.2 Å². The number of thiazole rings is 1. The van der Waals surface area contributed by atoms with Gasteiger partial charge in [0.05, 0.1) is 21.3 Å². The van der Waals surface area contributed by atoms with Gasteiger partial charge in [-0.25, -0.2) is 9.97 Å². The number of benzene rings is 1. The van der Waals surface area contributed by atoms with Crippen LogP contribution >= 0.6 is 58.9 Å². The number of anilines is 2. The Kier molecular flexibility index (Phi) is 8.63. The molecule has 9 heteroatoms. The lowest BCUT2D eigenvalue weighted by Gasteiger charge is -2.14. The van der Waals surface area contributed by atoms with Gasteiger partial charge < -0.3 is 5.32 Å². The Bertz CT molecular complexity index is 1140. The largest absolute Gasteiger partial charge is 0.315 e. The Balaban J connectivity index is 0.00000272. The predicted molar refractivity (Wildman–Crippen MR) is 136 cm³/mol. The quantitative estimate of drug-likeness (QED) is 0.255. The van der Waals surface area contributed by atoms with Crippen LogP contribution in [0.4, 0.5) is 10.9 Å². The van der Waals surface area contributed by atoms with Crippen molar-refractivity contribution in [3.8, 4) is 0 Å². The Morgan fingerprint density at radius 1 is 1.06 bits per heavy atom. The SMILES string of the molecule is Cc1csc(Nc2ncc(SC(C)c3ccccn3)cc2Sc2ccccc2Cl)n1.Cl. The second-order valence-electron chi connectivity index (χ2n) is 6.48. The fourth-order valence-electron chi connectivity index (χ4n) is 2.70. The van der Waals surface area contributed by atoms with Crippen LogP contribution in [-0.4, -0.2) is 15.0 Å². The van der Waals surface area contributed by atoms with Crippen LogP contribution in [-0.2, 0) is 0 Å². The van der Waals surface area contributed by atoms with Crippen LogP contribution in [0.1, 0.15) is 23.6 Å². The minimum absolute atomic E-state index is 0. The van der Waals surface area contributed by atoms with Gasteiger partial charge in [-0.2, -0.15) is 0 Å². The van der Waals surface area contributed by atoms with E-state index in [4.69, 9.17) is 16.6 Å². The first-order valence-corrected chi connectivity index (χ1v) is 12.2. The third-order valence-electron chi connectivity index (χ3n) is 4.15. The van der Waals surface area contributed by atoms with Gasteiger partial charge >= 0.3 is 0 Å². The predicted octanol–water partition coefficient (Wildman–Crippen LogP) is 8.06. The molecule has 1 N–H and O–H groups in total. The van der Waals surface area contributed by atoms with E-state index in [-0.39, 0.29) is 17.7 Å². The molecule has 31 heavy (non-hydrogen) atoms. The molecule has 0 amide bonds. The topological polar surface area (TPSA) is 50.7 Å². The van der Waals surface area contributed by atoms with E-state index in [0.29, 0.717) is 0 Å². The molecule has 4 aromatic rings. The summed E-state index contributed by atoms with van der Waals surface area (Å²) < 4.78 is 0. The molecule has 1 atom stereocenters. The minimum Gasteiger partial charge on any atom is -0.315 e. The molecule has 0 saturated heterocycles. The number of hydrogen-bond donors (Lipinski definition) is 1. The van der Waals surface area contributed by atoms with E-state index in [1.807, 2.05) is 67.2 Å². The molecule has 3 heterocycles. The second kappa shape index (κ2) is 11.2. The summed E-state index contributed by atoms with van der Waals surface area (Å²) in [4.78, 5) is 16.7. The first kappa shape index (κ1) is 23.9. The molecular weight excluding hydrogens is 487 g/mol. The lowest BCUT2D eigenvalue weighted by atomic mass is 10.3. The van der Waals surface area contributed by atoms with E-state index in [1.54, 1.807) is 34.9 Å². The van der Waals surface area contributed by atoms with E-state index in [2.05, 4.69) is 28.3 Å². The van der Waals surface area contributed by atoms with Crippen LogP contribution in [0.25, 0.3) is 0 Å². The van der Waals surface area contributed by atoms with Crippen molar-refractivity contribution in [2.75, 3.05) is 5.32 Å². The fourth-order valence-corrected chi connectivity index (χ4v) is 5.62. The molecule has 4 rings (SSSR count). The Hall–Kier alpha value is -1.77. The molecule has 0 aliphatic heterocycles. The molecule has 0 fully saturated rings. The van der Waals surface area contributed by atoms with Crippen molar-refractivity contribution in [1.29, 1.82) is 0 Å². The zero-order valence-corrected chi connectivity index (χ0v) is 20.8. The average Bonchev–Trinajstić information content (AvgIpc) is 3.17. The summed E-state index contributed by atoms with van der Waals surface area (Å²) in [6, 6.07) is 16.0. The number of pyridine rings is 2.